The number of ether oxygens (including phenoxy) is 2. The van der Waals surface area contributed by atoms with Gasteiger partial charge in [-0.15, -0.1) is 0 Å². The van der Waals surface area contributed by atoms with Gasteiger partial charge in [0.1, 0.15) is 5.82 Å². The maximum Gasteiger partial charge on any atom is 0.341 e. The number of methoxy groups -OCH3 is 1. The van der Waals surface area contributed by atoms with E-state index in [1.54, 1.807) is 30.3 Å². The van der Waals surface area contributed by atoms with Crippen LogP contribution in [-0.4, -0.2) is 40.7 Å². The van der Waals surface area contributed by atoms with Crippen molar-refractivity contribution in [1.82, 2.24) is 9.66 Å². The van der Waals surface area contributed by atoms with Crippen molar-refractivity contribution < 1.29 is 19.4 Å². The number of nitrogens with zero attached hydrogens (tertiary/aromatic N) is 3. The van der Waals surface area contributed by atoms with Gasteiger partial charge in [-0.05, 0) is 42.0 Å². The zero-order valence-electron chi connectivity index (χ0n) is 17.5. The van der Waals surface area contributed by atoms with E-state index in [-0.39, 0.29) is 5.56 Å². The lowest BCUT2D eigenvalue weighted by Gasteiger charge is -2.20. The third-order valence-corrected chi connectivity index (χ3v) is 4.83. The number of hydrogen-bond acceptors (Lipinski definition) is 6. The first-order valence-electron chi connectivity index (χ1n) is 9.40. The van der Waals surface area contributed by atoms with Crippen LogP contribution in [0.4, 0.5) is 0 Å². The Bertz CT molecular complexity index is 1230. The summed E-state index contributed by atoms with van der Waals surface area (Å²) in [6, 6.07) is 10.3. The van der Waals surface area contributed by atoms with E-state index in [1.165, 1.54) is 18.0 Å². The highest BCUT2D eigenvalue weighted by Crippen LogP contribution is 2.28. The zero-order valence-corrected chi connectivity index (χ0v) is 19.1. The molecule has 3 aromatic rings. The molecule has 1 N–H and O–H groups in total. The maximum absolute atomic E-state index is 13.2. The number of fused-ring (bicyclic) bond motifs is 1. The van der Waals surface area contributed by atoms with Crippen LogP contribution in [0.25, 0.3) is 10.9 Å². The standard InChI is InChI=1S/C22H22BrN3O5/c1-22(2,3)21-25-16-7-6-14(23)10-15(16)20(29)26(21)24-11-13-5-8-17(18(9-13)30-4)31-12-19(27)28/h5-11H,12H2,1-4H3,(H,27,28). The van der Waals surface area contributed by atoms with E-state index in [0.29, 0.717) is 33.8 Å². The van der Waals surface area contributed by atoms with Gasteiger partial charge in [-0.2, -0.15) is 9.78 Å². The van der Waals surface area contributed by atoms with Crippen molar-refractivity contribution >= 4 is 39.0 Å². The highest BCUT2D eigenvalue weighted by Gasteiger charge is 2.23. The van der Waals surface area contributed by atoms with Gasteiger partial charge in [0.05, 0.1) is 24.2 Å². The summed E-state index contributed by atoms with van der Waals surface area (Å²) in [5.41, 5.74) is 0.539. The summed E-state index contributed by atoms with van der Waals surface area (Å²) >= 11 is 3.39. The molecule has 0 radical (unpaired) electrons. The van der Waals surface area contributed by atoms with Gasteiger partial charge in [-0.25, -0.2) is 9.78 Å². The second-order valence-corrected chi connectivity index (χ2v) is 8.72. The van der Waals surface area contributed by atoms with Gasteiger partial charge in [0.25, 0.3) is 5.56 Å². The Morgan fingerprint density at radius 1 is 1.23 bits per heavy atom. The number of carboxylic acids is 1. The van der Waals surface area contributed by atoms with Gasteiger partial charge in [0, 0.05) is 9.89 Å². The molecule has 1 heterocycles. The lowest BCUT2D eigenvalue weighted by Crippen LogP contribution is -2.29. The summed E-state index contributed by atoms with van der Waals surface area (Å²) in [5, 5.41) is 13.7. The number of aliphatic carboxylic acids is 1. The molecular formula is C22H22BrN3O5. The fraction of sp³-hybridized carbons (Fsp3) is 0.273. The van der Waals surface area contributed by atoms with Crippen LogP contribution in [0, 0.1) is 0 Å². The number of halogens is 1. The second kappa shape index (κ2) is 8.89. The molecule has 3 rings (SSSR count). The second-order valence-electron chi connectivity index (χ2n) is 7.80. The number of rotatable bonds is 6. The van der Waals surface area contributed by atoms with Crippen LogP contribution in [-0.2, 0) is 10.2 Å². The van der Waals surface area contributed by atoms with Gasteiger partial charge in [0.15, 0.2) is 18.1 Å². The Morgan fingerprint density at radius 3 is 2.61 bits per heavy atom. The number of aromatic nitrogens is 2. The molecule has 8 nitrogen and oxygen atoms in total. The van der Waals surface area contributed by atoms with Crippen LogP contribution in [0.5, 0.6) is 11.5 Å². The molecule has 0 fully saturated rings. The van der Waals surface area contributed by atoms with Crippen molar-refractivity contribution in [2.45, 2.75) is 26.2 Å². The minimum absolute atomic E-state index is 0.277. The van der Waals surface area contributed by atoms with Crippen molar-refractivity contribution in [3.05, 3.63) is 62.6 Å². The summed E-state index contributed by atoms with van der Waals surface area (Å²) in [5.74, 6) is 0.0927. The molecule has 31 heavy (non-hydrogen) atoms. The average Bonchev–Trinajstić information content (AvgIpc) is 2.71. The molecule has 2 aromatic carbocycles. The third-order valence-electron chi connectivity index (χ3n) is 4.34. The van der Waals surface area contributed by atoms with Crippen molar-refractivity contribution in [2.75, 3.05) is 13.7 Å². The number of carbonyl (C=O) groups is 1. The Kier molecular flexibility index (Phi) is 6.45. The zero-order chi connectivity index (χ0) is 22.8. The van der Waals surface area contributed by atoms with E-state index in [0.717, 1.165) is 4.47 Å². The molecule has 0 amide bonds. The molecule has 162 valence electrons. The minimum atomic E-state index is -1.09. The summed E-state index contributed by atoms with van der Waals surface area (Å²) in [4.78, 5) is 28.6. The summed E-state index contributed by atoms with van der Waals surface area (Å²) < 4.78 is 12.6. The van der Waals surface area contributed by atoms with E-state index in [2.05, 4.69) is 26.0 Å². The van der Waals surface area contributed by atoms with E-state index < -0.39 is 18.0 Å². The lowest BCUT2D eigenvalue weighted by molar-refractivity contribution is -0.139. The smallest absolute Gasteiger partial charge is 0.341 e. The van der Waals surface area contributed by atoms with Crippen LogP contribution >= 0.6 is 15.9 Å². The highest BCUT2D eigenvalue weighted by atomic mass is 79.9. The molecule has 0 unspecified atom stereocenters. The quantitative estimate of drug-likeness (QED) is 0.530. The highest BCUT2D eigenvalue weighted by molar-refractivity contribution is 9.10. The SMILES string of the molecule is COc1cc(C=Nn2c(C(C)(C)C)nc3ccc(Br)cc3c2=O)ccc1OCC(=O)O. The molecule has 0 aliphatic rings. The van der Waals surface area contributed by atoms with Crippen molar-refractivity contribution in [3.63, 3.8) is 0 Å². The van der Waals surface area contributed by atoms with Crippen LogP contribution in [0.3, 0.4) is 0 Å². The predicted molar refractivity (Wildman–Crippen MR) is 122 cm³/mol. The molecule has 0 bridgehead atoms. The largest absolute Gasteiger partial charge is 0.493 e. The molecule has 1 aromatic heterocycles. The topological polar surface area (TPSA) is 103 Å². The number of carboxylic acid groups (broad SMARTS) is 1. The van der Waals surface area contributed by atoms with E-state index in [4.69, 9.17) is 14.6 Å². The first-order chi connectivity index (χ1) is 14.6. The van der Waals surface area contributed by atoms with Gasteiger partial charge in [-0.3, -0.25) is 4.79 Å². The van der Waals surface area contributed by atoms with Gasteiger partial charge in [0.2, 0.25) is 0 Å². The minimum Gasteiger partial charge on any atom is -0.493 e. The third kappa shape index (κ3) is 5.11. The van der Waals surface area contributed by atoms with E-state index in [1.807, 2.05) is 26.8 Å². The fourth-order valence-electron chi connectivity index (χ4n) is 2.89. The van der Waals surface area contributed by atoms with Crippen molar-refractivity contribution in [3.8, 4) is 11.5 Å². The molecule has 0 saturated heterocycles. The van der Waals surface area contributed by atoms with E-state index >= 15 is 0 Å². The van der Waals surface area contributed by atoms with Crippen molar-refractivity contribution in [1.29, 1.82) is 0 Å². The molecule has 0 aliphatic carbocycles. The molecular weight excluding hydrogens is 466 g/mol. The van der Waals surface area contributed by atoms with Gasteiger partial charge >= 0.3 is 5.97 Å². The van der Waals surface area contributed by atoms with Crippen molar-refractivity contribution in [2.24, 2.45) is 5.10 Å². The average molecular weight is 488 g/mol. The first kappa shape index (κ1) is 22.5. The first-order valence-corrected chi connectivity index (χ1v) is 10.2. The molecule has 0 aliphatic heterocycles. The Balaban J connectivity index is 2.07. The van der Waals surface area contributed by atoms with Crippen LogP contribution in [0.1, 0.15) is 32.2 Å². The summed E-state index contributed by atoms with van der Waals surface area (Å²) in [6.45, 7) is 5.40. The molecule has 9 heteroatoms. The fourth-order valence-corrected chi connectivity index (χ4v) is 3.25. The lowest BCUT2D eigenvalue weighted by atomic mass is 9.95. The summed E-state index contributed by atoms with van der Waals surface area (Å²) in [6.07, 6.45) is 1.52. The monoisotopic (exact) mass is 487 g/mol. The Morgan fingerprint density at radius 2 is 1.97 bits per heavy atom. The Labute approximate surface area is 187 Å². The van der Waals surface area contributed by atoms with Crippen LogP contribution in [0.15, 0.2) is 50.8 Å². The van der Waals surface area contributed by atoms with Crippen LogP contribution < -0.4 is 15.0 Å². The normalized spacial score (nSPS) is 11.8. The summed E-state index contributed by atoms with van der Waals surface area (Å²) in [7, 11) is 1.46. The molecule has 0 saturated carbocycles. The molecule has 0 atom stereocenters. The maximum atomic E-state index is 13.2. The van der Waals surface area contributed by atoms with Gasteiger partial charge < -0.3 is 14.6 Å². The van der Waals surface area contributed by atoms with Gasteiger partial charge in [-0.1, -0.05) is 36.7 Å². The van der Waals surface area contributed by atoms with E-state index in [9.17, 15) is 9.59 Å². The van der Waals surface area contributed by atoms with Crippen LogP contribution in [0.2, 0.25) is 0 Å². The Hall–Kier alpha value is -3.20. The number of benzene rings is 2. The molecule has 0 spiro atoms. The predicted octanol–water partition coefficient (Wildman–Crippen LogP) is 3.81. The number of hydrogen-bond donors (Lipinski definition) is 1.